The first-order chi connectivity index (χ1) is 17.3. The van der Waals surface area contributed by atoms with E-state index < -0.39 is 10.7 Å². The Morgan fingerprint density at radius 1 is 0.561 bits per heavy atom. The van der Waals surface area contributed by atoms with Gasteiger partial charge in [0.15, 0.2) is 0 Å². The molecule has 10 heteroatoms. The third-order valence-corrected chi connectivity index (χ3v) is 2.49. The Labute approximate surface area is 248 Å². The van der Waals surface area contributed by atoms with Gasteiger partial charge in [-0.15, -0.1) is 0 Å². The average molecular weight is 882 g/mol. The molecule has 0 amide bonds. The number of benzene rings is 2. The molecule has 2 aromatic rings. The summed E-state index contributed by atoms with van der Waals surface area (Å²) in [6.45, 7) is 11.1. The van der Waals surface area contributed by atoms with E-state index in [1.807, 2.05) is 36.4 Å². The molecule has 0 aliphatic heterocycles. The van der Waals surface area contributed by atoms with Crippen molar-refractivity contribution in [1.82, 2.24) is 0 Å². The molecule has 0 fully saturated rings. The smallest absolute Gasteiger partial charge is 0.115 e. The van der Waals surface area contributed by atoms with Crippen molar-refractivity contribution in [2.75, 3.05) is 34.0 Å². The topological polar surface area (TPSA) is 34.1 Å². The van der Waals surface area contributed by atoms with Crippen molar-refractivity contribution in [3.63, 3.8) is 0 Å². The molecule has 0 radical (unpaired) electrons. The fourth-order valence-corrected chi connectivity index (χ4v) is 1.13. The van der Waals surface area contributed by atoms with Crippen LogP contribution in [0.4, 0.5) is 26.3 Å². The molecule has 0 atom stereocenters. The molecule has 41 heavy (non-hydrogen) atoms. The minimum Gasteiger partial charge on any atom is -0.424 e. The quantitative estimate of drug-likeness (QED) is 0.175. The van der Waals surface area contributed by atoms with E-state index in [-0.39, 0.29) is 56.4 Å². The summed E-state index contributed by atoms with van der Waals surface area (Å²) >= 11 is 0. The number of alkyl halides is 6. The van der Waals surface area contributed by atoms with Crippen molar-refractivity contribution in [2.45, 2.75) is 90.5 Å². The third-order valence-electron chi connectivity index (χ3n) is 2.49. The molecule has 0 saturated carbocycles. The summed E-state index contributed by atoms with van der Waals surface area (Å²) < 4.78 is 81.0. The molecule has 2 nitrogen and oxygen atoms in total. The standard InChI is InChI=1S/2C7H7F.C4H10.2C2H5F.C2H5.2CH3F.CH3O2S.4CH4.Rf/c2*8-6-7-4-2-1-3-5-7;1-3-4-2;2*1-2-3;3*1-2;1-4(2)3;;;;;/h2*1-5H,6H2;3-4H2,1-2H3;2*2H2,1H3;1H2,2H3;2*1H3;1H3;4*1H4;/q;;;;;-1;;;-1;;;;;. The fourth-order valence-electron chi connectivity index (χ4n) is 1.13. The molecule has 0 spiro atoms. The summed E-state index contributed by atoms with van der Waals surface area (Å²) in [4.78, 5) is 0. The summed E-state index contributed by atoms with van der Waals surface area (Å²) in [5, 5.41) is 0. The monoisotopic (exact) mass is 882 g/mol. The summed E-state index contributed by atoms with van der Waals surface area (Å²) in [6, 6.07) is 18.1. The van der Waals surface area contributed by atoms with E-state index in [0.29, 0.717) is 14.4 Å². The Balaban J connectivity index is -0.0000000240. The van der Waals surface area contributed by atoms with Crippen LogP contribution in [-0.4, -0.2) is 34.0 Å². The van der Waals surface area contributed by atoms with Gasteiger partial charge in [0.25, 0.3) is 0 Å². The van der Waals surface area contributed by atoms with Crippen molar-refractivity contribution in [3.05, 3.63) is 78.7 Å². The van der Waals surface area contributed by atoms with E-state index in [1.165, 1.54) is 26.7 Å². The zero-order valence-corrected chi connectivity index (χ0v) is 31.1. The first-order valence-electron chi connectivity index (χ1n) is 11.1. The first kappa shape index (κ1) is 76.9. The van der Waals surface area contributed by atoms with Crippen LogP contribution in [0.25, 0.3) is 0 Å². The summed E-state index contributed by atoms with van der Waals surface area (Å²) in [5.41, 5.74) is 1.49. The van der Waals surface area contributed by atoms with Gasteiger partial charge >= 0.3 is 0 Å². The maximum Gasteiger partial charge on any atom is 0.115 e. The molecule has 0 N–H and O–H groups in total. The molecule has 0 aromatic heterocycles. The van der Waals surface area contributed by atoms with Gasteiger partial charge in [-0.05, 0) is 25.0 Å². The van der Waals surface area contributed by atoms with Crippen molar-refractivity contribution in [1.29, 1.82) is 0 Å². The normalized spacial score (nSPS) is 6.44. The number of halogens is 6. The van der Waals surface area contributed by atoms with Gasteiger partial charge in [-0.2, -0.15) is 6.92 Å². The van der Waals surface area contributed by atoms with Crippen LogP contribution in [0, 0.1) is 6.92 Å². The van der Waals surface area contributed by atoms with E-state index in [0.717, 1.165) is 17.4 Å². The molecule has 0 bridgehead atoms. The second-order valence-electron chi connectivity index (χ2n) is 5.17. The largest absolute Gasteiger partial charge is 0.424 e. The maximum absolute atomic E-state index is 11.7. The fraction of sp³-hybridized carbons (Fsp3) is 0.581. The van der Waals surface area contributed by atoms with E-state index in [1.54, 1.807) is 31.2 Å². The van der Waals surface area contributed by atoms with E-state index in [4.69, 9.17) is 8.42 Å². The molecule has 0 aliphatic carbocycles. The van der Waals surface area contributed by atoms with Crippen LogP contribution in [0.1, 0.15) is 88.3 Å². The molecule has 0 unspecified atom stereocenters. The SMILES string of the molecule is C.C.C.C.CCCC.CCF.CCF.CF.CF.C[S-](=O)=O.FCc1ccccc1.FCc1ccccc1.[CH2-]C.[Rf]. The van der Waals surface area contributed by atoms with Gasteiger partial charge in [0.05, 0.1) is 27.7 Å². The summed E-state index contributed by atoms with van der Waals surface area (Å²) in [5.74, 6) is 0. The van der Waals surface area contributed by atoms with Crippen molar-refractivity contribution in [2.24, 2.45) is 0 Å². The Hall–Kier alpha value is -3.03. The number of rotatable bonds is 3. The molecule has 0 heterocycles. The number of hydrogen-bond acceptors (Lipinski definition) is 3. The minimum absolute atomic E-state index is 0. The first-order valence-corrected chi connectivity index (χ1v) is 12.6. The van der Waals surface area contributed by atoms with Crippen LogP contribution in [-0.2, 0) is 32.5 Å². The summed E-state index contributed by atoms with van der Waals surface area (Å²) in [6.07, 6.45) is 3.72. The molecule has 252 valence electrons. The van der Waals surface area contributed by atoms with Crippen LogP contribution in [0.2, 0.25) is 0 Å². The molecular formula is C31H64F6O2RfS-2. The van der Waals surface area contributed by atoms with Crippen molar-refractivity contribution >= 4 is 10.7 Å². The van der Waals surface area contributed by atoms with Gasteiger partial charge in [-0.25, -0.2) is 8.78 Å². The maximum atomic E-state index is 11.7. The number of hydrogen-bond donors (Lipinski definition) is 0. The van der Waals surface area contributed by atoms with Crippen LogP contribution in [0.5, 0.6) is 0 Å². The summed E-state index contributed by atoms with van der Waals surface area (Å²) in [7, 11) is -0.861. The van der Waals surface area contributed by atoms with Crippen LogP contribution in [0.3, 0.4) is 0 Å². The molecule has 2 rings (SSSR count). The Morgan fingerprint density at radius 3 is 0.780 bits per heavy atom. The molecular weight excluding hydrogens is 817 g/mol. The Morgan fingerprint density at radius 2 is 0.707 bits per heavy atom. The van der Waals surface area contributed by atoms with E-state index in [9.17, 15) is 26.3 Å². The zero-order valence-electron chi connectivity index (χ0n) is 23.9. The molecule has 0 saturated heterocycles. The van der Waals surface area contributed by atoms with Gasteiger partial charge in [0.2, 0.25) is 0 Å². The predicted molar refractivity (Wildman–Crippen MR) is 173 cm³/mol. The van der Waals surface area contributed by atoms with E-state index in [2.05, 4.69) is 20.8 Å². The Kier molecular flexibility index (Phi) is 186. The third kappa shape index (κ3) is 140. The van der Waals surface area contributed by atoms with Crippen LogP contribution >= 0.6 is 0 Å². The van der Waals surface area contributed by atoms with Crippen molar-refractivity contribution < 1.29 is 34.8 Å². The average Bonchev–Trinajstić information content (AvgIpc) is 2.94. The Bertz CT molecular complexity index is 544. The number of unbranched alkanes of at least 4 members (excludes halogenated alkanes) is 1. The molecule has 0 aliphatic rings. The van der Waals surface area contributed by atoms with Gasteiger partial charge < -0.3 is 15.3 Å². The van der Waals surface area contributed by atoms with Crippen LogP contribution in [0.15, 0.2) is 60.7 Å². The van der Waals surface area contributed by atoms with Gasteiger partial charge in [-0.1, -0.05) is 134 Å². The minimum atomic E-state index is -1.86. The predicted octanol–water partition coefficient (Wildman–Crippen LogP) is 12.6. The van der Waals surface area contributed by atoms with E-state index >= 15 is 0 Å². The second-order valence-corrected chi connectivity index (χ2v) is 5.98. The van der Waals surface area contributed by atoms with Gasteiger partial charge in [0, 0.05) is 0 Å². The zero-order chi connectivity index (χ0) is 30.0. The van der Waals surface area contributed by atoms with Gasteiger partial charge in [0.1, 0.15) is 13.3 Å². The molecule has 2 aromatic carbocycles. The van der Waals surface area contributed by atoms with Gasteiger partial charge in [-0.3, -0.25) is 17.6 Å². The second kappa shape index (κ2) is 99.1. The van der Waals surface area contributed by atoms with Crippen LogP contribution < -0.4 is 0 Å². The van der Waals surface area contributed by atoms with Crippen molar-refractivity contribution in [3.8, 4) is 0 Å².